The zero-order valence-corrected chi connectivity index (χ0v) is 12.0. The number of aliphatic hydroxyl groups excluding tert-OH is 3. The number of methoxy groups -OCH3 is 2. The van der Waals surface area contributed by atoms with Gasteiger partial charge in [-0.15, -0.1) is 0 Å². The number of ether oxygens (including phenoxy) is 5. The van der Waals surface area contributed by atoms with Crippen LogP contribution in [0.2, 0.25) is 0 Å². The lowest BCUT2D eigenvalue weighted by Gasteiger charge is -2.55. The van der Waals surface area contributed by atoms with Gasteiger partial charge < -0.3 is 39.0 Å². The summed E-state index contributed by atoms with van der Waals surface area (Å²) in [6, 6.07) is 0. The van der Waals surface area contributed by atoms with Crippen molar-refractivity contribution in [3.8, 4) is 0 Å². The Morgan fingerprint density at radius 1 is 1.00 bits per heavy atom. The van der Waals surface area contributed by atoms with E-state index in [1.807, 2.05) is 0 Å². The van der Waals surface area contributed by atoms with Crippen molar-refractivity contribution in [2.24, 2.45) is 0 Å². The van der Waals surface area contributed by atoms with E-state index in [1.54, 1.807) is 13.8 Å². The highest BCUT2D eigenvalue weighted by atomic mass is 16.8. The number of hydrogen-bond donors (Lipinski definition) is 3. The topological polar surface area (TPSA) is 107 Å². The van der Waals surface area contributed by atoms with E-state index < -0.39 is 48.9 Å². The summed E-state index contributed by atoms with van der Waals surface area (Å²) in [5.41, 5.74) is 0. The van der Waals surface area contributed by atoms with Crippen LogP contribution in [-0.4, -0.2) is 78.4 Å². The molecule has 0 radical (unpaired) electrons. The molecule has 0 aromatic carbocycles. The van der Waals surface area contributed by atoms with E-state index in [1.165, 1.54) is 14.2 Å². The van der Waals surface area contributed by atoms with E-state index >= 15 is 0 Å². The Labute approximate surface area is 117 Å². The van der Waals surface area contributed by atoms with Crippen LogP contribution in [0.25, 0.3) is 0 Å². The molecule has 2 heterocycles. The maximum absolute atomic E-state index is 10.2. The molecular weight excluding hydrogens is 272 g/mol. The molecule has 0 spiro atoms. The van der Waals surface area contributed by atoms with Crippen LogP contribution in [0.4, 0.5) is 0 Å². The van der Waals surface area contributed by atoms with Crippen LogP contribution in [0, 0.1) is 0 Å². The minimum atomic E-state index is -1.35. The lowest BCUT2D eigenvalue weighted by molar-refractivity contribution is -0.482. The van der Waals surface area contributed by atoms with Gasteiger partial charge in [-0.1, -0.05) is 0 Å². The van der Waals surface area contributed by atoms with Gasteiger partial charge >= 0.3 is 0 Å². The van der Waals surface area contributed by atoms with Crippen LogP contribution in [-0.2, 0) is 23.7 Å². The Bertz CT molecular complexity index is 352. The van der Waals surface area contributed by atoms with Crippen molar-refractivity contribution >= 4 is 0 Å². The fourth-order valence-electron chi connectivity index (χ4n) is 2.52. The lowest BCUT2D eigenvalue weighted by Crippen LogP contribution is -2.72. The van der Waals surface area contributed by atoms with Gasteiger partial charge in [0, 0.05) is 14.2 Å². The highest BCUT2D eigenvalue weighted by Crippen LogP contribution is 2.42. The molecule has 8 nitrogen and oxygen atoms in total. The van der Waals surface area contributed by atoms with Crippen LogP contribution in [0.3, 0.4) is 0 Å². The first kappa shape index (κ1) is 16.1. The molecule has 2 aliphatic heterocycles. The molecule has 2 rings (SSSR count). The van der Waals surface area contributed by atoms with E-state index in [0.29, 0.717) is 0 Å². The summed E-state index contributed by atoms with van der Waals surface area (Å²) in [5, 5.41) is 29.3. The average molecular weight is 294 g/mol. The molecule has 0 aromatic heterocycles. The molecule has 0 saturated carbocycles. The van der Waals surface area contributed by atoms with Crippen LogP contribution in [0.5, 0.6) is 0 Å². The molecule has 0 amide bonds. The molecule has 20 heavy (non-hydrogen) atoms. The van der Waals surface area contributed by atoms with Gasteiger partial charge in [-0.3, -0.25) is 0 Å². The Kier molecular flexibility index (Phi) is 4.39. The molecule has 0 unspecified atom stereocenters. The standard InChI is InChI=1S/C12H22O8/c1-11(16-3)12(2,17-4)20-9-8(19-11)7(14)6(5-13)18-10(9)15/h6-10,13-15H,5H2,1-4H3/t6-,7-,8+,9-,10-,11-,12-/m1/s1. The van der Waals surface area contributed by atoms with Crippen LogP contribution >= 0.6 is 0 Å². The first-order valence-corrected chi connectivity index (χ1v) is 6.40. The Morgan fingerprint density at radius 3 is 1.95 bits per heavy atom. The van der Waals surface area contributed by atoms with Gasteiger partial charge in [0.25, 0.3) is 0 Å². The fourth-order valence-corrected chi connectivity index (χ4v) is 2.52. The van der Waals surface area contributed by atoms with Gasteiger partial charge in [-0.25, -0.2) is 0 Å². The quantitative estimate of drug-likeness (QED) is 0.581. The molecule has 2 aliphatic rings. The minimum absolute atomic E-state index is 0.448. The third-order valence-corrected chi connectivity index (χ3v) is 4.14. The van der Waals surface area contributed by atoms with Crippen LogP contribution < -0.4 is 0 Å². The third kappa shape index (κ3) is 2.26. The predicted octanol–water partition coefficient (Wildman–Crippen LogP) is -1.43. The maximum Gasteiger partial charge on any atom is 0.220 e. The van der Waals surface area contributed by atoms with Crippen molar-refractivity contribution in [2.75, 3.05) is 20.8 Å². The Hall–Kier alpha value is -0.320. The summed E-state index contributed by atoms with van der Waals surface area (Å²) in [4.78, 5) is 0. The van der Waals surface area contributed by atoms with E-state index in [-0.39, 0.29) is 0 Å². The summed E-state index contributed by atoms with van der Waals surface area (Å²) < 4.78 is 27.2. The van der Waals surface area contributed by atoms with E-state index in [2.05, 4.69) is 0 Å². The largest absolute Gasteiger partial charge is 0.394 e. The van der Waals surface area contributed by atoms with Gasteiger partial charge in [0.2, 0.25) is 11.6 Å². The van der Waals surface area contributed by atoms with E-state index in [0.717, 1.165) is 0 Å². The normalized spacial score (nSPS) is 52.6. The molecule has 0 aromatic rings. The number of fused-ring (bicyclic) bond motifs is 1. The zero-order valence-electron chi connectivity index (χ0n) is 12.0. The van der Waals surface area contributed by atoms with Gasteiger partial charge in [-0.2, -0.15) is 0 Å². The van der Waals surface area contributed by atoms with E-state index in [9.17, 15) is 10.2 Å². The first-order valence-electron chi connectivity index (χ1n) is 6.40. The number of aliphatic hydroxyl groups is 3. The molecule has 118 valence electrons. The molecule has 8 heteroatoms. The van der Waals surface area contributed by atoms with E-state index in [4.69, 9.17) is 28.8 Å². The van der Waals surface area contributed by atoms with Crippen molar-refractivity contribution in [3.63, 3.8) is 0 Å². The summed E-state index contributed by atoms with van der Waals surface area (Å²) >= 11 is 0. The molecule has 7 atom stereocenters. The van der Waals surface area contributed by atoms with Crippen LogP contribution in [0.1, 0.15) is 13.8 Å². The molecular formula is C12H22O8. The highest BCUT2D eigenvalue weighted by molar-refractivity contribution is 4.99. The van der Waals surface area contributed by atoms with Crippen LogP contribution in [0.15, 0.2) is 0 Å². The first-order chi connectivity index (χ1) is 9.31. The maximum atomic E-state index is 10.2. The smallest absolute Gasteiger partial charge is 0.220 e. The minimum Gasteiger partial charge on any atom is -0.394 e. The SMILES string of the molecule is CO[C@]1(C)O[C@@H]2[C@@H](O[C@@]1(C)OC)[C@H](O)[C@@H](CO)O[C@H]2O. The summed E-state index contributed by atoms with van der Waals surface area (Å²) in [7, 11) is 2.84. The average Bonchev–Trinajstić information content (AvgIpc) is 2.45. The summed E-state index contributed by atoms with van der Waals surface area (Å²) in [5.74, 6) is -2.58. The Morgan fingerprint density at radius 2 is 1.50 bits per heavy atom. The summed E-state index contributed by atoms with van der Waals surface area (Å²) in [6.45, 7) is 2.76. The van der Waals surface area contributed by atoms with Crippen molar-refractivity contribution in [3.05, 3.63) is 0 Å². The lowest BCUT2D eigenvalue weighted by atomic mass is 9.94. The second-order valence-electron chi connectivity index (χ2n) is 5.20. The van der Waals surface area contributed by atoms with Crippen molar-refractivity contribution < 1.29 is 39.0 Å². The monoisotopic (exact) mass is 294 g/mol. The molecule has 2 saturated heterocycles. The Balaban J connectivity index is 2.30. The molecule has 0 bridgehead atoms. The van der Waals surface area contributed by atoms with Gasteiger partial charge in [-0.05, 0) is 13.8 Å². The second kappa shape index (κ2) is 5.47. The highest BCUT2D eigenvalue weighted by Gasteiger charge is 2.62. The number of rotatable bonds is 3. The predicted molar refractivity (Wildman–Crippen MR) is 64.5 cm³/mol. The van der Waals surface area contributed by atoms with Gasteiger partial charge in [0.05, 0.1) is 6.61 Å². The number of hydrogen-bond acceptors (Lipinski definition) is 8. The zero-order chi connectivity index (χ0) is 15.1. The third-order valence-electron chi connectivity index (χ3n) is 4.14. The van der Waals surface area contributed by atoms with Gasteiger partial charge in [0.15, 0.2) is 6.29 Å². The van der Waals surface area contributed by atoms with Gasteiger partial charge in [0.1, 0.15) is 24.4 Å². The summed E-state index contributed by atoms with van der Waals surface area (Å²) in [6.07, 6.45) is -5.34. The fraction of sp³-hybridized carbons (Fsp3) is 1.00. The molecule has 0 aliphatic carbocycles. The van der Waals surface area contributed by atoms with Crippen molar-refractivity contribution in [1.29, 1.82) is 0 Å². The van der Waals surface area contributed by atoms with Crippen molar-refractivity contribution in [2.45, 2.75) is 56.1 Å². The second-order valence-corrected chi connectivity index (χ2v) is 5.20. The van der Waals surface area contributed by atoms with Crippen molar-refractivity contribution in [1.82, 2.24) is 0 Å². The molecule has 2 fully saturated rings. The molecule has 3 N–H and O–H groups in total.